The molecule has 0 saturated heterocycles. The number of rotatable bonds is 4. The van der Waals surface area contributed by atoms with E-state index in [1.165, 1.54) is 18.2 Å². The van der Waals surface area contributed by atoms with Gasteiger partial charge in [-0.05, 0) is 37.6 Å². The van der Waals surface area contributed by atoms with Gasteiger partial charge in [0.15, 0.2) is 0 Å². The molecule has 0 aliphatic rings. The number of anilines is 1. The molecule has 1 amide bonds. The van der Waals surface area contributed by atoms with E-state index in [9.17, 15) is 14.9 Å². The molecule has 128 valence electrons. The number of carbonyl (C=O) groups is 1. The third-order valence-electron chi connectivity index (χ3n) is 3.90. The van der Waals surface area contributed by atoms with Crippen LogP contribution in [-0.4, -0.2) is 20.2 Å². The molecule has 3 rings (SSSR count). The summed E-state index contributed by atoms with van der Waals surface area (Å²) < 4.78 is 1.88. The molecule has 2 heterocycles. The molecular weight excluding hydrogens is 344 g/mol. The van der Waals surface area contributed by atoms with E-state index in [1.54, 1.807) is 0 Å². The van der Waals surface area contributed by atoms with Gasteiger partial charge in [0.2, 0.25) is 5.91 Å². The van der Waals surface area contributed by atoms with E-state index in [-0.39, 0.29) is 23.0 Å². The Morgan fingerprint density at radius 2 is 2.12 bits per heavy atom. The fraction of sp³-hybridized carbons (Fsp3) is 0.176. The van der Waals surface area contributed by atoms with Crippen LogP contribution < -0.4 is 5.32 Å². The van der Waals surface area contributed by atoms with Gasteiger partial charge in [0.25, 0.3) is 5.69 Å². The minimum Gasteiger partial charge on any atom is -0.325 e. The maximum Gasteiger partial charge on any atom is 0.289 e. The average molecular weight is 359 g/mol. The molecule has 0 saturated carbocycles. The van der Waals surface area contributed by atoms with Gasteiger partial charge < -0.3 is 9.72 Å². The first-order valence-electron chi connectivity index (χ1n) is 7.53. The normalized spacial score (nSPS) is 10.8. The smallest absolute Gasteiger partial charge is 0.289 e. The number of amides is 1. The van der Waals surface area contributed by atoms with Gasteiger partial charge in [-0.1, -0.05) is 17.7 Å². The van der Waals surface area contributed by atoms with Crippen LogP contribution in [0, 0.1) is 24.0 Å². The Morgan fingerprint density at radius 3 is 2.84 bits per heavy atom. The predicted octanol–water partition coefficient (Wildman–Crippen LogP) is 3.69. The summed E-state index contributed by atoms with van der Waals surface area (Å²) in [5.74, 6) is -0.289. The molecule has 25 heavy (non-hydrogen) atoms. The highest BCUT2D eigenvalue weighted by molar-refractivity contribution is 6.32. The first-order valence-corrected chi connectivity index (χ1v) is 7.91. The minimum atomic E-state index is -0.588. The zero-order chi connectivity index (χ0) is 18.1. The van der Waals surface area contributed by atoms with Crippen LogP contribution in [0.5, 0.6) is 0 Å². The van der Waals surface area contributed by atoms with Crippen molar-refractivity contribution in [2.75, 3.05) is 5.32 Å². The molecule has 0 atom stereocenters. The van der Waals surface area contributed by atoms with Crippen LogP contribution in [0.1, 0.15) is 17.0 Å². The number of hydrogen-bond donors (Lipinski definition) is 1. The fourth-order valence-electron chi connectivity index (χ4n) is 2.67. The van der Waals surface area contributed by atoms with Crippen molar-refractivity contribution >= 4 is 34.5 Å². The summed E-state index contributed by atoms with van der Waals surface area (Å²) in [6.45, 7) is 3.81. The lowest BCUT2D eigenvalue weighted by Crippen LogP contribution is -2.16. The van der Waals surface area contributed by atoms with Crippen molar-refractivity contribution in [3.05, 3.63) is 68.6 Å². The highest BCUT2D eigenvalue weighted by atomic mass is 35.5. The Kier molecular flexibility index (Phi) is 4.41. The Morgan fingerprint density at radius 1 is 1.36 bits per heavy atom. The maximum absolute atomic E-state index is 12.4. The quantitative estimate of drug-likeness (QED) is 0.569. The largest absolute Gasteiger partial charge is 0.325 e. The number of imidazole rings is 1. The van der Waals surface area contributed by atoms with Crippen molar-refractivity contribution < 1.29 is 9.72 Å². The number of nitrogens with one attached hydrogen (secondary N) is 1. The van der Waals surface area contributed by atoms with Crippen LogP contribution in [0.25, 0.3) is 5.65 Å². The van der Waals surface area contributed by atoms with Gasteiger partial charge in [0.1, 0.15) is 10.7 Å². The molecule has 3 aromatic rings. The molecule has 1 aromatic carbocycles. The summed E-state index contributed by atoms with van der Waals surface area (Å²) in [5, 5.41) is 13.6. The van der Waals surface area contributed by atoms with Gasteiger partial charge >= 0.3 is 0 Å². The topological polar surface area (TPSA) is 89.5 Å². The molecule has 0 fully saturated rings. The molecule has 7 nitrogen and oxygen atoms in total. The van der Waals surface area contributed by atoms with Crippen LogP contribution in [-0.2, 0) is 11.2 Å². The van der Waals surface area contributed by atoms with Crippen molar-refractivity contribution in [3.63, 3.8) is 0 Å². The second-order valence-corrected chi connectivity index (χ2v) is 6.08. The van der Waals surface area contributed by atoms with Crippen LogP contribution in [0.15, 0.2) is 36.5 Å². The molecular formula is C17H15ClN4O3. The Labute approximate surface area is 148 Å². The number of aromatic nitrogens is 2. The first kappa shape index (κ1) is 16.9. The number of nitrogens with zero attached hydrogens (tertiary/aromatic N) is 3. The van der Waals surface area contributed by atoms with E-state index in [4.69, 9.17) is 11.6 Å². The molecule has 0 aliphatic carbocycles. The van der Waals surface area contributed by atoms with Crippen molar-refractivity contribution in [2.24, 2.45) is 0 Å². The third-order valence-corrected chi connectivity index (χ3v) is 4.22. The summed E-state index contributed by atoms with van der Waals surface area (Å²) in [7, 11) is 0. The number of pyridine rings is 1. The molecule has 0 unspecified atom stereocenters. The van der Waals surface area contributed by atoms with Gasteiger partial charge in [-0.2, -0.15) is 0 Å². The lowest BCUT2D eigenvalue weighted by molar-refractivity contribution is -0.384. The summed E-state index contributed by atoms with van der Waals surface area (Å²) in [4.78, 5) is 27.2. The van der Waals surface area contributed by atoms with E-state index < -0.39 is 4.92 Å². The molecule has 8 heteroatoms. The summed E-state index contributed by atoms with van der Waals surface area (Å²) >= 11 is 5.78. The van der Waals surface area contributed by atoms with E-state index in [0.717, 1.165) is 22.6 Å². The summed E-state index contributed by atoms with van der Waals surface area (Å²) in [6.07, 6.45) is 1.96. The van der Waals surface area contributed by atoms with Crippen molar-refractivity contribution in [2.45, 2.75) is 20.3 Å². The number of fused-ring (bicyclic) bond motifs is 1. The number of carbonyl (C=O) groups excluding carboxylic acids is 1. The van der Waals surface area contributed by atoms with Crippen molar-refractivity contribution in [1.29, 1.82) is 0 Å². The highest BCUT2D eigenvalue weighted by Gasteiger charge is 2.16. The Bertz CT molecular complexity index is 997. The second kappa shape index (κ2) is 6.52. The molecule has 0 spiro atoms. The number of nitro benzene ring substituents is 1. The molecule has 0 radical (unpaired) electrons. The van der Waals surface area contributed by atoms with Crippen LogP contribution >= 0.6 is 11.6 Å². The predicted molar refractivity (Wildman–Crippen MR) is 95.1 cm³/mol. The monoisotopic (exact) mass is 358 g/mol. The minimum absolute atomic E-state index is 0.0242. The molecule has 2 aromatic heterocycles. The van der Waals surface area contributed by atoms with E-state index in [1.807, 2.05) is 36.6 Å². The van der Waals surface area contributed by atoms with Gasteiger partial charge in [0.05, 0.1) is 22.7 Å². The number of benzene rings is 1. The standard InChI is InChI=1S/C17H15ClN4O3/c1-10-4-3-7-21-14(11(2)19-17(10)21)9-16(23)20-12-5-6-13(18)15(8-12)22(24)25/h3-8H,9H2,1-2H3,(H,20,23). The molecule has 1 N–H and O–H groups in total. The van der Waals surface area contributed by atoms with E-state index >= 15 is 0 Å². The summed E-state index contributed by atoms with van der Waals surface area (Å²) in [5.41, 5.74) is 3.45. The zero-order valence-electron chi connectivity index (χ0n) is 13.6. The van der Waals surface area contributed by atoms with Gasteiger partial charge in [-0.3, -0.25) is 14.9 Å². The van der Waals surface area contributed by atoms with Gasteiger partial charge in [-0.15, -0.1) is 0 Å². The lowest BCUT2D eigenvalue weighted by atomic mass is 10.2. The highest BCUT2D eigenvalue weighted by Crippen LogP contribution is 2.27. The molecule has 0 aliphatic heterocycles. The second-order valence-electron chi connectivity index (χ2n) is 5.68. The fourth-order valence-corrected chi connectivity index (χ4v) is 2.85. The summed E-state index contributed by atoms with van der Waals surface area (Å²) in [6, 6.07) is 8.01. The van der Waals surface area contributed by atoms with E-state index in [2.05, 4.69) is 10.3 Å². The van der Waals surface area contributed by atoms with E-state index in [0.29, 0.717) is 5.69 Å². The maximum atomic E-state index is 12.4. The van der Waals surface area contributed by atoms with Crippen LogP contribution in [0.2, 0.25) is 5.02 Å². The van der Waals surface area contributed by atoms with Crippen molar-refractivity contribution in [1.82, 2.24) is 9.38 Å². The first-order chi connectivity index (χ1) is 11.9. The number of nitro groups is 1. The Hall–Kier alpha value is -2.93. The third kappa shape index (κ3) is 3.32. The number of aryl methyl sites for hydroxylation is 2. The Balaban J connectivity index is 1.84. The van der Waals surface area contributed by atoms with Crippen LogP contribution in [0.3, 0.4) is 0 Å². The molecule has 0 bridgehead atoms. The van der Waals surface area contributed by atoms with Gasteiger partial charge in [-0.25, -0.2) is 4.98 Å². The average Bonchev–Trinajstić information content (AvgIpc) is 2.87. The van der Waals surface area contributed by atoms with Gasteiger partial charge in [0, 0.05) is 18.0 Å². The SMILES string of the molecule is Cc1nc2c(C)cccn2c1CC(=O)Nc1ccc(Cl)c([N+](=O)[O-])c1. The van der Waals surface area contributed by atoms with Crippen molar-refractivity contribution in [3.8, 4) is 0 Å². The zero-order valence-corrected chi connectivity index (χ0v) is 14.4. The van der Waals surface area contributed by atoms with Crippen LogP contribution in [0.4, 0.5) is 11.4 Å². The number of halogens is 1. The lowest BCUT2D eigenvalue weighted by Gasteiger charge is -2.07. The number of hydrogen-bond acceptors (Lipinski definition) is 4.